The lowest BCUT2D eigenvalue weighted by molar-refractivity contribution is -0.131. The monoisotopic (exact) mass is 379 g/mol. The van der Waals surface area contributed by atoms with Crippen LogP contribution in [0.1, 0.15) is 35.2 Å². The highest BCUT2D eigenvalue weighted by molar-refractivity contribution is 5.91. The van der Waals surface area contributed by atoms with Gasteiger partial charge in [-0.3, -0.25) is 0 Å². The van der Waals surface area contributed by atoms with Gasteiger partial charge in [0.1, 0.15) is 11.5 Å². The van der Waals surface area contributed by atoms with E-state index < -0.39 is 11.9 Å². The van der Waals surface area contributed by atoms with Gasteiger partial charge in [0.15, 0.2) is 0 Å². The van der Waals surface area contributed by atoms with Crippen LogP contribution in [0.2, 0.25) is 0 Å². The van der Waals surface area contributed by atoms with Gasteiger partial charge in [-0.05, 0) is 60.9 Å². The summed E-state index contributed by atoms with van der Waals surface area (Å²) in [4.78, 5) is 26.0. The number of hydrogen-bond donors (Lipinski definition) is 1. The highest BCUT2D eigenvalue weighted by atomic mass is 16.5. The van der Waals surface area contributed by atoms with E-state index >= 15 is 0 Å². The van der Waals surface area contributed by atoms with Crippen LogP contribution in [0.15, 0.2) is 54.6 Å². The molecule has 6 heteroatoms. The zero-order valence-corrected chi connectivity index (χ0v) is 15.3. The Morgan fingerprint density at radius 1 is 0.964 bits per heavy atom. The van der Waals surface area contributed by atoms with Crippen LogP contribution in [0.25, 0.3) is 10.9 Å². The van der Waals surface area contributed by atoms with Crippen LogP contribution in [0.4, 0.5) is 0 Å². The molecule has 0 aromatic heterocycles. The lowest BCUT2D eigenvalue weighted by Crippen LogP contribution is -2.08. The molecule has 0 radical (unpaired) electrons. The largest absolute Gasteiger partial charge is 0.494 e. The van der Waals surface area contributed by atoms with E-state index in [9.17, 15) is 9.59 Å². The molecule has 28 heavy (non-hydrogen) atoms. The summed E-state index contributed by atoms with van der Waals surface area (Å²) in [5, 5.41) is 8.61. The third kappa shape index (κ3) is 7.34. The summed E-state index contributed by atoms with van der Waals surface area (Å²) in [6.45, 7) is 7.85. The number of carboxylic acids is 1. The molecular formula is C22H21NO5. The highest BCUT2D eigenvalue weighted by Gasteiger charge is 2.09. The van der Waals surface area contributed by atoms with Crippen molar-refractivity contribution in [2.45, 2.75) is 19.3 Å². The van der Waals surface area contributed by atoms with Crippen LogP contribution in [-0.4, -0.2) is 30.2 Å². The number of carbonyl (C=O) groups is 2. The second-order valence-corrected chi connectivity index (χ2v) is 5.95. The first kappa shape index (κ1) is 20.7. The molecule has 0 aliphatic heterocycles. The Labute approximate surface area is 163 Å². The third-order valence-corrected chi connectivity index (χ3v) is 3.78. The first-order chi connectivity index (χ1) is 13.6. The van der Waals surface area contributed by atoms with Crippen molar-refractivity contribution in [2.75, 3.05) is 13.2 Å². The second kappa shape index (κ2) is 11.2. The molecule has 144 valence electrons. The molecule has 0 atom stereocenters. The minimum absolute atomic E-state index is 0.372. The highest BCUT2D eigenvalue weighted by Crippen LogP contribution is 2.17. The van der Waals surface area contributed by atoms with Crippen molar-refractivity contribution in [2.24, 2.45) is 0 Å². The Hall–Kier alpha value is -3.59. The topological polar surface area (TPSA) is 77.2 Å². The van der Waals surface area contributed by atoms with Crippen LogP contribution < -0.4 is 9.47 Å². The SMILES string of the molecule is [C-]#[N+]CCCCCOc1ccc(C(=O)Oc2ccc(/C=C/C(=O)O)cc2)cc1. The van der Waals surface area contributed by atoms with Crippen molar-refractivity contribution in [1.82, 2.24) is 0 Å². The van der Waals surface area contributed by atoms with Crippen LogP contribution in [-0.2, 0) is 4.79 Å². The van der Waals surface area contributed by atoms with Gasteiger partial charge in [0.25, 0.3) is 0 Å². The van der Waals surface area contributed by atoms with E-state index in [1.54, 1.807) is 48.5 Å². The average Bonchev–Trinajstić information content (AvgIpc) is 2.70. The predicted molar refractivity (Wildman–Crippen MR) is 105 cm³/mol. The number of ether oxygens (including phenoxy) is 2. The Morgan fingerprint density at radius 3 is 2.29 bits per heavy atom. The predicted octanol–water partition coefficient (Wildman–Crippen LogP) is 4.47. The molecule has 2 aromatic rings. The third-order valence-electron chi connectivity index (χ3n) is 3.78. The van der Waals surface area contributed by atoms with Crippen molar-refractivity contribution in [1.29, 1.82) is 0 Å². The molecule has 1 N–H and O–H groups in total. The van der Waals surface area contributed by atoms with E-state index in [1.165, 1.54) is 6.08 Å². The van der Waals surface area contributed by atoms with Crippen molar-refractivity contribution in [3.63, 3.8) is 0 Å². The smallest absolute Gasteiger partial charge is 0.343 e. The summed E-state index contributed by atoms with van der Waals surface area (Å²) < 4.78 is 10.9. The van der Waals surface area contributed by atoms with Gasteiger partial charge in [0.2, 0.25) is 6.54 Å². The first-order valence-corrected chi connectivity index (χ1v) is 8.88. The van der Waals surface area contributed by atoms with Gasteiger partial charge >= 0.3 is 11.9 Å². The van der Waals surface area contributed by atoms with Gasteiger partial charge in [0, 0.05) is 12.5 Å². The lowest BCUT2D eigenvalue weighted by Gasteiger charge is -2.07. The Morgan fingerprint density at radius 2 is 1.64 bits per heavy atom. The maximum absolute atomic E-state index is 12.2. The van der Waals surface area contributed by atoms with E-state index in [4.69, 9.17) is 21.2 Å². The summed E-state index contributed by atoms with van der Waals surface area (Å²) in [7, 11) is 0. The molecule has 0 saturated heterocycles. The molecule has 0 amide bonds. The summed E-state index contributed by atoms with van der Waals surface area (Å²) in [5.41, 5.74) is 1.09. The Balaban J connectivity index is 1.82. The van der Waals surface area contributed by atoms with Crippen molar-refractivity contribution in [3.8, 4) is 11.5 Å². The maximum Gasteiger partial charge on any atom is 0.343 e. The second-order valence-electron chi connectivity index (χ2n) is 5.95. The summed E-state index contributed by atoms with van der Waals surface area (Å²) in [5.74, 6) is -0.462. The van der Waals surface area contributed by atoms with Gasteiger partial charge in [0.05, 0.1) is 12.2 Å². The first-order valence-electron chi connectivity index (χ1n) is 8.88. The molecule has 2 aromatic carbocycles. The molecule has 0 heterocycles. The standard InChI is InChI=1S/C22H21NO5/c1-23-15-3-2-4-16-27-19-12-8-18(9-13-19)22(26)28-20-10-5-17(6-11-20)7-14-21(24)25/h5-14H,2-4,15-16H2,(H,24,25)/b14-7+. The minimum Gasteiger partial charge on any atom is -0.494 e. The maximum atomic E-state index is 12.2. The van der Waals surface area contributed by atoms with E-state index in [1.807, 2.05) is 0 Å². The summed E-state index contributed by atoms with van der Waals surface area (Å²) in [6.07, 6.45) is 5.22. The molecule has 6 nitrogen and oxygen atoms in total. The number of nitrogens with zero attached hydrogens (tertiary/aromatic N) is 1. The van der Waals surface area contributed by atoms with Gasteiger partial charge in [-0.1, -0.05) is 12.1 Å². The van der Waals surface area contributed by atoms with Crippen molar-refractivity contribution < 1.29 is 24.2 Å². The normalized spacial score (nSPS) is 10.4. The fraction of sp³-hybridized carbons (Fsp3) is 0.227. The number of rotatable bonds is 10. The molecule has 0 aliphatic carbocycles. The van der Waals surface area contributed by atoms with Gasteiger partial charge in [-0.25, -0.2) is 16.2 Å². The number of carbonyl (C=O) groups excluding carboxylic acids is 1. The molecule has 0 unspecified atom stereocenters. The number of carboxylic acid groups (broad SMARTS) is 1. The number of esters is 1. The lowest BCUT2D eigenvalue weighted by atomic mass is 10.2. The van der Waals surface area contributed by atoms with Crippen LogP contribution >= 0.6 is 0 Å². The molecule has 0 saturated carbocycles. The number of unbranched alkanes of at least 4 members (excludes halogenated alkanes) is 2. The van der Waals surface area contributed by atoms with E-state index in [-0.39, 0.29) is 0 Å². The summed E-state index contributed by atoms with van der Waals surface area (Å²) in [6, 6.07) is 13.2. The average molecular weight is 379 g/mol. The molecule has 0 spiro atoms. The summed E-state index contributed by atoms with van der Waals surface area (Å²) >= 11 is 0. The molecule has 0 aliphatic rings. The zero-order chi connectivity index (χ0) is 20.2. The van der Waals surface area contributed by atoms with Crippen LogP contribution in [0.3, 0.4) is 0 Å². The van der Waals surface area contributed by atoms with Crippen molar-refractivity contribution in [3.05, 3.63) is 77.2 Å². The zero-order valence-electron chi connectivity index (χ0n) is 15.3. The molecule has 0 fully saturated rings. The quantitative estimate of drug-likeness (QED) is 0.217. The van der Waals surface area contributed by atoms with Gasteiger partial charge < -0.3 is 19.4 Å². The van der Waals surface area contributed by atoms with Crippen LogP contribution in [0, 0.1) is 6.57 Å². The fourth-order valence-electron chi connectivity index (χ4n) is 2.33. The van der Waals surface area contributed by atoms with E-state index in [0.717, 1.165) is 25.3 Å². The Bertz CT molecular complexity index is 848. The van der Waals surface area contributed by atoms with Gasteiger partial charge in [-0.15, -0.1) is 0 Å². The van der Waals surface area contributed by atoms with E-state index in [2.05, 4.69) is 4.85 Å². The molecular weight excluding hydrogens is 358 g/mol. The number of benzene rings is 2. The van der Waals surface area contributed by atoms with E-state index in [0.29, 0.717) is 35.8 Å². The number of aliphatic carboxylic acids is 1. The Kier molecular flexibility index (Phi) is 8.28. The van der Waals surface area contributed by atoms with Crippen molar-refractivity contribution >= 4 is 18.0 Å². The van der Waals surface area contributed by atoms with Gasteiger partial charge in [-0.2, -0.15) is 0 Å². The fourth-order valence-corrected chi connectivity index (χ4v) is 2.33. The molecule has 2 rings (SSSR count). The number of hydrogen-bond acceptors (Lipinski definition) is 4. The molecule has 0 bridgehead atoms. The minimum atomic E-state index is -1.02. The van der Waals surface area contributed by atoms with Crippen LogP contribution in [0.5, 0.6) is 11.5 Å².